The van der Waals surface area contributed by atoms with Crippen molar-refractivity contribution in [3.8, 4) is 5.95 Å². The predicted molar refractivity (Wildman–Crippen MR) is 102 cm³/mol. The summed E-state index contributed by atoms with van der Waals surface area (Å²) >= 11 is 0. The summed E-state index contributed by atoms with van der Waals surface area (Å²) in [4.78, 5) is 32.6. The van der Waals surface area contributed by atoms with Gasteiger partial charge in [-0.25, -0.2) is 24.7 Å². The number of carbonyl (C=O) groups is 1. The van der Waals surface area contributed by atoms with E-state index in [2.05, 4.69) is 43.3 Å². The average molecular weight is 377 g/mol. The zero-order valence-electron chi connectivity index (χ0n) is 15.7. The van der Waals surface area contributed by atoms with Crippen LogP contribution in [0.1, 0.15) is 47.6 Å². The maximum Gasteiger partial charge on any atom is 0.356 e. The van der Waals surface area contributed by atoms with Gasteiger partial charge in [-0.15, -0.1) is 0 Å². The van der Waals surface area contributed by atoms with E-state index in [-0.39, 0.29) is 5.69 Å². The van der Waals surface area contributed by atoms with Gasteiger partial charge in [0, 0.05) is 30.6 Å². The zero-order chi connectivity index (χ0) is 19.8. The maximum atomic E-state index is 11.0. The van der Waals surface area contributed by atoms with Crippen molar-refractivity contribution in [2.24, 2.45) is 0 Å². The van der Waals surface area contributed by atoms with Gasteiger partial charge in [0.1, 0.15) is 17.7 Å². The van der Waals surface area contributed by atoms with Crippen LogP contribution in [0.25, 0.3) is 17.0 Å². The minimum atomic E-state index is -1.09. The molecule has 0 unspecified atom stereocenters. The van der Waals surface area contributed by atoms with Crippen LogP contribution in [0, 0.1) is 6.92 Å². The Labute approximate surface area is 160 Å². The molecule has 28 heavy (non-hydrogen) atoms. The molecule has 0 fully saturated rings. The Balaban J connectivity index is 1.65. The Morgan fingerprint density at radius 1 is 1.18 bits per heavy atom. The predicted octanol–water partition coefficient (Wildman–Crippen LogP) is 2.59. The molecule has 0 radical (unpaired) electrons. The number of aryl methyl sites for hydroxylation is 1. The van der Waals surface area contributed by atoms with Crippen LogP contribution in [0.5, 0.6) is 0 Å². The molecule has 1 N–H and O–H groups in total. The molecule has 0 aliphatic carbocycles. The van der Waals surface area contributed by atoms with Gasteiger partial charge in [0.25, 0.3) is 0 Å². The van der Waals surface area contributed by atoms with Crippen LogP contribution in [-0.4, -0.2) is 45.1 Å². The van der Waals surface area contributed by atoms with Crippen molar-refractivity contribution in [2.45, 2.75) is 33.2 Å². The van der Waals surface area contributed by atoms with Gasteiger partial charge in [0.2, 0.25) is 5.95 Å². The Morgan fingerprint density at radius 2 is 2.00 bits per heavy atom. The lowest BCUT2D eigenvalue weighted by molar-refractivity contribution is 0.0691. The number of hydrogen-bond donors (Lipinski definition) is 1. The van der Waals surface area contributed by atoms with E-state index in [4.69, 9.17) is 5.11 Å². The number of hydrogen-bond acceptors (Lipinski definition) is 6. The third kappa shape index (κ3) is 3.22. The number of carboxylic acids is 1. The largest absolute Gasteiger partial charge is 0.476 e. The Kier molecular flexibility index (Phi) is 4.34. The molecule has 0 atom stereocenters. The number of nitrogens with zero attached hydrogens (tertiary/aromatic N) is 7. The van der Waals surface area contributed by atoms with Crippen LogP contribution >= 0.6 is 0 Å². The molecule has 0 aliphatic rings. The van der Waals surface area contributed by atoms with E-state index in [0.717, 1.165) is 28.2 Å². The molecule has 0 amide bonds. The molecule has 0 bridgehead atoms. The van der Waals surface area contributed by atoms with Crippen molar-refractivity contribution in [3.63, 3.8) is 0 Å². The first-order valence-corrected chi connectivity index (χ1v) is 8.85. The SMILES string of the molecule is Cc1nc2cnc(Cc3ccnc(-n4cnc(C(=O)O)c4)n3)cc2n1C(C)C. The molecule has 0 saturated carbocycles. The number of fused-ring (bicyclic) bond motifs is 1. The average Bonchev–Trinajstić information content (AvgIpc) is 3.26. The van der Waals surface area contributed by atoms with Crippen molar-refractivity contribution in [1.29, 1.82) is 0 Å². The second-order valence-electron chi connectivity index (χ2n) is 6.78. The van der Waals surface area contributed by atoms with Crippen molar-refractivity contribution in [3.05, 3.63) is 60.0 Å². The first-order valence-electron chi connectivity index (χ1n) is 8.85. The normalized spacial score (nSPS) is 11.4. The van der Waals surface area contributed by atoms with Crippen LogP contribution in [0.3, 0.4) is 0 Å². The molecule has 4 rings (SSSR count). The number of aromatic carboxylic acids is 1. The van der Waals surface area contributed by atoms with E-state index in [1.54, 1.807) is 12.4 Å². The number of aromatic nitrogens is 7. The van der Waals surface area contributed by atoms with Crippen molar-refractivity contribution < 1.29 is 9.90 Å². The summed E-state index contributed by atoms with van der Waals surface area (Å²) in [7, 11) is 0. The van der Waals surface area contributed by atoms with E-state index in [1.165, 1.54) is 17.1 Å². The van der Waals surface area contributed by atoms with Crippen LogP contribution in [0.2, 0.25) is 0 Å². The fraction of sp³-hybridized carbons (Fsp3) is 0.263. The lowest BCUT2D eigenvalue weighted by Crippen LogP contribution is -2.04. The quantitative estimate of drug-likeness (QED) is 0.569. The van der Waals surface area contributed by atoms with Gasteiger partial charge in [-0.2, -0.15) is 0 Å². The van der Waals surface area contributed by atoms with Gasteiger partial charge in [-0.1, -0.05) is 0 Å². The third-order valence-corrected chi connectivity index (χ3v) is 4.42. The number of imidazole rings is 2. The van der Waals surface area contributed by atoms with Crippen LogP contribution < -0.4 is 0 Å². The summed E-state index contributed by atoms with van der Waals surface area (Å²) in [6.45, 7) is 6.25. The fourth-order valence-electron chi connectivity index (χ4n) is 3.24. The molecule has 0 saturated heterocycles. The summed E-state index contributed by atoms with van der Waals surface area (Å²) < 4.78 is 3.67. The molecular weight excluding hydrogens is 358 g/mol. The molecule has 9 nitrogen and oxygen atoms in total. The highest BCUT2D eigenvalue weighted by atomic mass is 16.4. The standard InChI is InChI=1S/C19H19N7O2/c1-11(2)26-12(3)23-15-8-21-14(7-17(15)26)6-13-4-5-20-19(24-13)25-9-16(18(27)28)22-10-25/h4-5,7-11H,6H2,1-3H3,(H,27,28). The topological polar surface area (TPSA) is 112 Å². The molecule has 0 spiro atoms. The van der Waals surface area contributed by atoms with Crippen LogP contribution in [0.15, 0.2) is 37.1 Å². The van der Waals surface area contributed by atoms with E-state index in [0.29, 0.717) is 18.4 Å². The smallest absolute Gasteiger partial charge is 0.356 e. The molecule has 9 heteroatoms. The summed E-state index contributed by atoms with van der Waals surface area (Å²) in [6, 6.07) is 4.15. The summed E-state index contributed by atoms with van der Waals surface area (Å²) in [5.74, 6) is 0.230. The second kappa shape index (κ2) is 6.84. The third-order valence-electron chi connectivity index (χ3n) is 4.42. The van der Waals surface area contributed by atoms with Gasteiger partial charge in [-0.3, -0.25) is 9.55 Å². The minimum Gasteiger partial charge on any atom is -0.476 e. The fourth-order valence-corrected chi connectivity index (χ4v) is 3.24. The molecular formula is C19H19N7O2. The molecule has 4 heterocycles. The molecule has 4 aromatic heterocycles. The number of carboxylic acid groups (broad SMARTS) is 1. The Bertz CT molecular complexity index is 1180. The molecule has 142 valence electrons. The maximum absolute atomic E-state index is 11.0. The van der Waals surface area contributed by atoms with Gasteiger partial charge >= 0.3 is 5.97 Å². The van der Waals surface area contributed by atoms with E-state index >= 15 is 0 Å². The van der Waals surface area contributed by atoms with E-state index in [9.17, 15) is 4.79 Å². The minimum absolute atomic E-state index is 0.0570. The molecule has 0 aromatic carbocycles. The van der Waals surface area contributed by atoms with Crippen molar-refractivity contribution in [1.82, 2.24) is 34.1 Å². The van der Waals surface area contributed by atoms with Crippen molar-refractivity contribution >= 4 is 17.0 Å². The zero-order valence-corrected chi connectivity index (χ0v) is 15.7. The first-order chi connectivity index (χ1) is 13.4. The van der Waals surface area contributed by atoms with Gasteiger partial charge in [-0.05, 0) is 32.9 Å². The van der Waals surface area contributed by atoms with Gasteiger partial charge < -0.3 is 9.67 Å². The van der Waals surface area contributed by atoms with Gasteiger partial charge in [0.05, 0.1) is 17.4 Å². The highest BCUT2D eigenvalue weighted by molar-refractivity contribution is 5.85. The second-order valence-corrected chi connectivity index (χ2v) is 6.78. The lowest BCUT2D eigenvalue weighted by Gasteiger charge is -2.11. The summed E-state index contributed by atoms with van der Waals surface area (Å²) in [6.07, 6.45) is 6.72. The van der Waals surface area contributed by atoms with E-state index in [1.807, 2.05) is 19.1 Å². The summed E-state index contributed by atoms with van der Waals surface area (Å²) in [5.41, 5.74) is 3.51. The van der Waals surface area contributed by atoms with Gasteiger partial charge in [0.15, 0.2) is 5.69 Å². The lowest BCUT2D eigenvalue weighted by atomic mass is 10.2. The first kappa shape index (κ1) is 17.8. The number of pyridine rings is 1. The molecule has 0 aliphatic heterocycles. The number of rotatable bonds is 5. The monoisotopic (exact) mass is 377 g/mol. The Morgan fingerprint density at radius 3 is 2.71 bits per heavy atom. The van der Waals surface area contributed by atoms with Crippen molar-refractivity contribution in [2.75, 3.05) is 0 Å². The molecule has 4 aromatic rings. The highest BCUT2D eigenvalue weighted by Gasteiger charge is 2.13. The highest BCUT2D eigenvalue weighted by Crippen LogP contribution is 2.21. The summed E-state index contributed by atoms with van der Waals surface area (Å²) in [5, 5.41) is 9.01. The van der Waals surface area contributed by atoms with Crippen LogP contribution in [-0.2, 0) is 6.42 Å². The van der Waals surface area contributed by atoms with E-state index < -0.39 is 5.97 Å². The Hall–Kier alpha value is -3.62. The van der Waals surface area contributed by atoms with Crippen LogP contribution in [0.4, 0.5) is 0 Å².